The van der Waals surface area contributed by atoms with Gasteiger partial charge in [-0.25, -0.2) is 9.79 Å². The minimum Gasteiger partial charge on any atom is -0.313 e. The number of likely N-dealkylation sites (N-methyl/N-ethyl adjacent to an activating group) is 1. The Morgan fingerprint density at radius 1 is 1.03 bits per heavy atom. The second-order valence-corrected chi connectivity index (χ2v) is 9.36. The van der Waals surface area contributed by atoms with Crippen molar-refractivity contribution in [2.75, 3.05) is 33.2 Å². The van der Waals surface area contributed by atoms with Gasteiger partial charge in [-0.05, 0) is 57.7 Å². The summed E-state index contributed by atoms with van der Waals surface area (Å²) in [5, 5.41) is 2.45. The number of rotatable bonds is 5. The van der Waals surface area contributed by atoms with Gasteiger partial charge in [0.2, 0.25) is 5.96 Å². The van der Waals surface area contributed by atoms with Crippen LogP contribution in [0.5, 0.6) is 0 Å². The highest BCUT2D eigenvalue weighted by molar-refractivity contribution is 6.05. The predicted octanol–water partition coefficient (Wildman–Crippen LogP) is 2.06. The third-order valence-corrected chi connectivity index (χ3v) is 7.49. The number of aliphatic imine (C=N–C) groups is 1. The molecule has 0 aliphatic carbocycles. The Bertz CT molecular complexity index is 966. The van der Waals surface area contributed by atoms with Crippen molar-refractivity contribution in [2.45, 2.75) is 45.3 Å². The highest BCUT2D eigenvalue weighted by Gasteiger charge is 2.53. The normalized spacial score (nSPS) is 26.5. The van der Waals surface area contributed by atoms with Crippen LogP contribution in [-0.4, -0.2) is 82.9 Å². The van der Waals surface area contributed by atoms with E-state index in [1.807, 2.05) is 11.8 Å². The van der Waals surface area contributed by atoms with E-state index in [1.165, 1.54) is 29.7 Å². The zero-order chi connectivity index (χ0) is 22.4. The van der Waals surface area contributed by atoms with E-state index in [2.05, 4.69) is 52.4 Å². The lowest BCUT2D eigenvalue weighted by Gasteiger charge is -2.35. The summed E-state index contributed by atoms with van der Waals surface area (Å²) < 4.78 is 0. The standard InChI is InChI=1S/C24H32N6O2/c1-16-17(2)30-20-21(27(3)24(32)26-22(20)31)25-23(30)29(16)14-13-28-11-9-19(10-12-28)15-18-7-5-4-6-8-18/h4-8,19-21H,9-15H2,1-3H3,(H,26,31,32). The number of guanidine groups is 1. The smallest absolute Gasteiger partial charge is 0.313 e. The number of fused-ring (bicyclic) bond motifs is 3. The Morgan fingerprint density at radius 3 is 2.47 bits per heavy atom. The number of likely N-dealkylation sites (tertiary alicyclic amines) is 1. The van der Waals surface area contributed by atoms with Crippen molar-refractivity contribution in [3.8, 4) is 0 Å². The van der Waals surface area contributed by atoms with Crippen LogP contribution in [0.25, 0.3) is 0 Å². The Hall–Kier alpha value is -2.87. The summed E-state index contributed by atoms with van der Waals surface area (Å²) in [5.74, 6) is 1.28. The fraction of sp³-hybridized carbons (Fsp3) is 0.542. The molecule has 2 unspecified atom stereocenters. The molecule has 1 N–H and O–H groups in total. The lowest BCUT2D eigenvalue weighted by atomic mass is 9.90. The monoisotopic (exact) mass is 436 g/mol. The van der Waals surface area contributed by atoms with Gasteiger partial charge in [0.25, 0.3) is 5.91 Å². The first-order chi connectivity index (χ1) is 15.4. The molecule has 4 aliphatic heterocycles. The molecule has 8 heteroatoms. The number of imide groups is 1. The molecular weight excluding hydrogens is 404 g/mol. The topological polar surface area (TPSA) is 71.5 Å². The third kappa shape index (κ3) is 3.56. The maximum absolute atomic E-state index is 12.6. The van der Waals surface area contributed by atoms with Crippen LogP contribution in [0, 0.1) is 5.92 Å². The van der Waals surface area contributed by atoms with E-state index < -0.39 is 12.2 Å². The predicted molar refractivity (Wildman–Crippen MR) is 123 cm³/mol. The van der Waals surface area contributed by atoms with Gasteiger partial charge in [0.1, 0.15) is 0 Å². The van der Waals surface area contributed by atoms with Crippen LogP contribution in [0.15, 0.2) is 46.7 Å². The second-order valence-electron chi connectivity index (χ2n) is 9.36. The number of nitrogens with one attached hydrogen (secondary N) is 1. The molecule has 0 saturated carbocycles. The van der Waals surface area contributed by atoms with E-state index in [4.69, 9.17) is 4.99 Å². The summed E-state index contributed by atoms with van der Waals surface area (Å²) in [5.41, 5.74) is 3.61. The van der Waals surface area contributed by atoms with E-state index in [1.54, 1.807) is 7.05 Å². The first-order valence-electron chi connectivity index (χ1n) is 11.6. The van der Waals surface area contributed by atoms with E-state index in [0.717, 1.165) is 49.5 Å². The minimum atomic E-state index is -0.485. The zero-order valence-electron chi connectivity index (χ0n) is 19.1. The molecule has 8 nitrogen and oxygen atoms in total. The average Bonchev–Trinajstić information content (AvgIpc) is 3.29. The summed E-state index contributed by atoms with van der Waals surface area (Å²) in [6.45, 7) is 8.16. The van der Waals surface area contributed by atoms with Crippen LogP contribution in [0.4, 0.5) is 4.79 Å². The van der Waals surface area contributed by atoms with Crippen molar-refractivity contribution in [1.82, 2.24) is 24.9 Å². The Morgan fingerprint density at radius 2 is 1.75 bits per heavy atom. The van der Waals surface area contributed by atoms with E-state index in [-0.39, 0.29) is 11.9 Å². The second kappa shape index (κ2) is 8.24. The van der Waals surface area contributed by atoms with Gasteiger partial charge in [-0.1, -0.05) is 30.3 Å². The molecule has 4 aliphatic rings. The SMILES string of the molecule is CC1=C(C)N2C(=NC3C2C(=O)NC(=O)N3C)N1CCN1CCC(Cc2ccccc2)CC1. The maximum Gasteiger partial charge on any atom is 0.325 e. The first kappa shape index (κ1) is 21.0. The molecule has 0 aromatic heterocycles. The number of hydrogen-bond donors (Lipinski definition) is 1. The molecule has 0 radical (unpaired) electrons. The number of carbonyl (C=O) groups is 2. The van der Waals surface area contributed by atoms with E-state index in [9.17, 15) is 9.59 Å². The number of benzene rings is 1. The summed E-state index contributed by atoms with van der Waals surface area (Å²) >= 11 is 0. The molecule has 32 heavy (non-hydrogen) atoms. The fourth-order valence-corrected chi connectivity index (χ4v) is 5.40. The number of allylic oxidation sites excluding steroid dienone is 2. The van der Waals surface area contributed by atoms with Gasteiger partial charge in [-0.15, -0.1) is 0 Å². The molecule has 2 atom stereocenters. The first-order valence-corrected chi connectivity index (χ1v) is 11.6. The van der Waals surface area contributed by atoms with Gasteiger partial charge >= 0.3 is 6.03 Å². The maximum atomic E-state index is 12.6. The number of piperidine rings is 1. The van der Waals surface area contributed by atoms with Crippen molar-refractivity contribution in [1.29, 1.82) is 0 Å². The van der Waals surface area contributed by atoms with Crippen LogP contribution in [-0.2, 0) is 11.2 Å². The van der Waals surface area contributed by atoms with Crippen molar-refractivity contribution in [2.24, 2.45) is 10.9 Å². The molecule has 2 fully saturated rings. The number of nitrogens with zero attached hydrogens (tertiary/aromatic N) is 5. The lowest BCUT2D eigenvalue weighted by Crippen LogP contribution is -2.63. The van der Waals surface area contributed by atoms with E-state index >= 15 is 0 Å². The van der Waals surface area contributed by atoms with Gasteiger partial charge in [-0.2, -0.15) is 0 Å². The minimum absolute atomic E-state index is 0.272. The van der Waals surface area contributed by atoms with Crippen LogP contribution in [0.1, 0.15) is 32.3 Å². The van der Waals surface area contributed by atoms with Gasteiger partial charge < -0.3 is 14.7 Å². The van der Waals surface area contributed by atoms with Crippen LogP contribution < -0.4 is 5.32 Å². The molecule has 4 heterocycles. The molecule has 2 saturated heterocycles. The zero-order valence-corrected chi connectivity index (χ0v) is 19.1. The van der Waals surface area contributed by atoms with Crippen molar-refractivity contribution < 1.29 is 9.59 Å². The van der Waals surface area contributed by atoms with Crippen LogP contribution in [0.2, 0.25) is 0 Å². The molecule has 5 rings (SSSR count). The third-order valence-electron chi connectivity index (χ3n) is 7.49. The van der Waals surface area contributed by atoms with Crippen LogP contribution >= 0.6 is 0 Å². The van der Waals surface area contributed by atoms with Gasteiger partial charge in [-0.3, -0.25) is 15.0 Å². The summed E-state index contributed by atoms with van der Waals surface area (Å²) in [6.07, 6.45) is 3.16. The highest BCUT2D eigenvalue weighted by Crippen LogP contribution is 2.36. The van der Waals surface area contributed by atoms with Crippen molar-refractivity contribution >= 4 is 17.9 Å². The number of urea groups is 1. The Labute approximate surface area is 189 Å². The molecule has 0 bridgehead atoms. The summed E-state index contributed by atoms with van der Waals surface area (Å²) in [4.78, 5) is 37.7. The number of carbonyl (C=O) groups excluding carboxylic acids is 2. The molecular formula is C24H32N6O2. The van der Waals surface area contributed by atoms with Crippen molar-refractivity contribution in [3.05, 3.63) is 47.3 Å². The largest absolute Gasteiger partial charge is 0.325 e. The quantitative estimate of drug-likeness (QED) is 0.765. The fourth-order valence-electron chi connectivity index (χ4n) is 5.40. The summed E-state index contributed by atoms with van der Waals surface area (Å²) in [7, 11) is 1.70. The molecule has 0 spiro atoms. The Balaban J connectivity index is 1.20. The summed E-state index contributed by atoms with van der Waals surface area (Å²) in [6, 6.07) is 9.92. The van der Waals surface area contributed by atoms with Gasteiger partial charge in [0.05, 0.1) is 0 Å². The molecule has 1 aromatic carbocycles. The lowest BCUT2D eigenvalue weighted by molar-refractivity contribution is -0.126. The average molecular weight is 437 g/mol. The van der Waals surface area contributed by atoms with Gasteiger partial charge in [0.15, 0.2) is 12.2 Å². The molecule has 170 valence electrons. The molecule has 3 amide bonds. The highest BCUT2D eigenvalue weighted by atomic mass is 16.2. The van der Waals surface area contributed by atoms with Crippen LogP contribution in [0.3, 0.4) is 0 Å². The van der Waals surface area contributed by atoms with Gasteiger partial charge in [0, 0.05) is 31.5 Å². The number of hydrogen-bond acceptors (Lipinski definition) is 6. The van der Waals surface area contributed by atoms with Crippen molar-refractivity contribution in [3.63, 3.8) is 0 Å². The molecule has 1 aromatic rings. The number of amides is 3. The Kier molecular flexibility index (Phi) is 5.41. The van der Waals surface area contributed by atoms with E-state index in [0.29, 0.717) is 0 Å².